The van der Waals surface area contributed by atoms with Crippen molar-refractivity contribution >= 4 is 5.97 Å². The Morgan fingerprint density at radius 3 is 2.83 bits per heavy atom. The van der Waals surface area contributed by atoms with Gasteiger partial charge in [0.05, 0.1) is 5.56 Å². The lowest BCUT2D eigenvalue weighted by Crippen LogP contribution is -2.35. The normalized spacial score (nSPS) is 15.7. The molecule has 1 aromatic carbocycles. The number of carboxylic acids is 1. The van der Waals surface area contributed by atoms with E-state index in [2.05, 4.69) is 23.9 Å². The number of hydrogen-bond acceptors (Lipinski definition) is 3. The van der Waals surface area contributed by atoms with Gasteiger partial charge in [-0.2, -0.15) is 0 Å². The number of aromatic carboxylic acids is 1. The van der Waals surface area contributed by atoms with Crippen LogP contribution in [0.3, 0.4) is 0 Å². The first-order valence-corrected chi connectivity index (χ1v) is 6.28. The second-order valence-corrected chi connectivity index (χ2v) is 5.12. The zero-order valence-corrected chi connectivity index (χ0v) is 11.0. The Labute approximate surface area is 108 Å². The Morgan fingerprint density at radius 2 is 2.17 bits per heavy atom. The molecular formula is C14H20N2O2. The molecule has 0 saturated carbocycles. The molecule has 0 aliphatic carbocycles. The van der Waals surface area contributed by atoms with Crippen LogP contribution in [0.25, 0.3) is 0 Å². The topological polar surface area (TPSA) is 43.8 Å². The zero-order chi connectivity index (χ0) is 13.1. The van der Waals surface area contributed by atoms with Crippen LogP contribution < -0.4 is 0 Å². The Kier molecular flexibility index (Phi) is 3.99. The fourth-order valence-electron chi connectivity index (χ4n) is 2.28. The van der Waals surface area contributed by atoms with E-state index in [0.29, 0.717) is 5.56 Å². The lowest BCUT2D eigenvalue weighted by Gasteiger charge is -2.29. The van der Waals surface area contributed by atoms with Gasteiger partial charge in [0.25, 0.3) is 0 Å². The molecule has 1 aliphatic heterocycles. The monoisotopic (exact) mass is 248 g/mol. The van der Waals surface area contributed by atoms with Gasteiger partial charge in [0.15, 0.2) is 0 Å². The first-order chi connectivity index (χ1) is 8.56. The highest BCUT2D eigenvalue weighted by molar-refractivity contribution is 5.87. The Balaban J connectivity index is 2.04. The molecule has 18 heavy (non-hydrogen) atoms. The van der Waals surface area contributed by atoms with Gasteiger partial charge < -0.3 is 10.0 Å². The molecule has 0 aromatic heterocycles. The molecule has 0 unspecified atom stereocenters. The highest BCUT2D eigenvalue weighted by Gasteiger charge is 2.17. The third-order valence-corrected chi connectivity index (χ3v) is 3.41. The lowest BCUT2D eigenvalue weighted by molar-refractivity contribution is 0.0696. The third kappa shape index (κ3) is 3.09. The van der Waals surface area contributed by atoms with Crippen LogP contribution >= 0.6 is 0 Å². The summed E-state index contributed by atoms with van der Waals surface area (Å²) in [6.07, 6.45) is 0.948. The van der Waals surface area contributed by atoms with Crippen LogP contribution in [0, 0.1) is 0 Å². The van der Waals surface area contributed by atoms with E-state index in [4.69, 9.17) is 5.11 Å². The van der Waals surface area contributed by atoms with E-state index >= 15 is 0 Å². The van der Waals surface area contributed by atoms with Crippen LogP contribution in [0.2, 0.25) is 0 Å². The van der Waals surface area contributed by atoms with Gasteiger partial charge >= 0.3 is 5.97 Å². The molecule has 0 amide bonds. The number of benzene rings is 1. The minimum atomic E-state index is -0.840. The molecule has 0 saturated heterocycles. The highest BCUT2D eigenvalue weighted by atomic mass is 16.4. The van der Waals surface area contributed by atoms with E-state index in [1.807, 2.05) is 12.1 Å². The molecule has 0 spiro atoms. The van der Waals surface area contributed by atoms with Crippen LogP contribution in [0.5, 0.6) is 0 Å². The first-order valence-electron chi connectivity index (χ1n) is 6.28. The minimum Gasteiger partial charge on any atom is -0.478 e. The van der Waals surface area contributed by atoms with E-state index in [1.165, 1.54) is 11.1 Å². The van der Waals surface area contributed by atoms with Crippen molar-refractivity contribution in [3.05, 3.63) is 34.9 Å². The standard InChI is InChI=1S/C14H20N2O2/c1-15(2)7-8-16-6-5-11-9-12(14(17)18)3-4-13(11)10-16/h3-4,9H,5-8,10H2,1-2H3,(H,17,18). The maximum absolute atomic E-state index is 10.9. The largest absolute Gasteiger partial charge is 0.478 e. The maximum atomic E-state index is 10.9. The second-order valence-electron chi connectivity index (χ2n) is 5.12. The van der Waals surface area contributed by atoms with Gasteiger partial charge in [-0.05, 0) is 43.8 Å². The molecule has 0 fully saturated rings. The quantitative estimate of drug-likeness (QED) is 0.872. The summed E-state index contributed by atoms with van der Waals surface area (Å²) in [5.74, 6) is -0.840. The van der Waals surface area contributed by atoms with Crippen molar-refractivity contribution in [2.24, 2.45) is 0 Å². The summed E-state index contributed by atoms with van der Waals surface area (Å²) < 4.78 is 0. The summed E-state index contributed by atoms with van der Waals surface area (Å²) in [4.78, 5) is 15.5. The van der Waals surface area contributed by atoms with Crippen molar-refractivity contribution in [3.63, 3.8) is 0 Å². The highest BCUT2D eigenvalue weighted by Crippen LogP contribution is 2.20. The van der Waals surface area contributed by atoms with Crippen molar-refractivity contribution in [2.75, 3.05) is 33.7 Å². The molecule has 1 aromatic rings. The van der Waals surface area contributed by atoms with Crippen molar-refractivity contribution in [1.82, 2.24) is 9.80 Å². The molecule has 0 atom stereocenters. The molecule has 1 heterocycles. The van der Waals surface area contributed by atoms with Crippen molar-refractivity contribution < 1.29 is 9.90 Å². The van der Waals surface area contributed by atoms with Crippen LogP contribution in [0.15, 0.2) is 18.2 Å². The maximum Gasteiger partial charge on any atom is 0.335 e. The number of nitrogens with zero attached hydrogens (tertiary/aromatic N) is 2. The first kappa shape index (κ1) is 13.1. The van der Waals surface area contributed by atoms with Crippen molar-refractivity contribution in [2.45, 2.75) is 13.0 Å². The van der Waals surface area contributed by atoms with Crippen molar-refractivity contribution in [1.29, 1.82) is 0 Å². The van der Waals surface area contributed by atoms with E-state index in [-0.39, 0.29) is 0 Å². The van der Waals surface area contributed by atoms with Gasteiger partial charge in [0, 0.05) is 26.2 Å². The Hall–Kier alpha value is -1.39. The number of rotatable bonds is 4. The summed E-state index contributed by atoms with van der Waals surface area (Å²) in [5.41, 5.74) is 2.86. The fraction of sp³-hybridized carbons (Fsp3) is 0.500. The summed E-state index contributed by atoms with van der Waals surface area (Å²) in [6, 6.07) is 5.48. The van der Waals surface area contributed by atoms with Crippen LogP contribution in [-0.4, -0.2) is 54.6 Å². The predicted molar refractivity (Wildman–Crippen MR) is 70.9 cm³/mol. The van der Waals surface area contributed by atoms with Gasteiger partial charge in [-0.1, -0.05) is 6.07 Å². The number of fused-ring (bicyclic) bond motifs is 1. The van der Waals surface area contributed by atoms with Gasteiger partial charge in [-0.3, -0.25) is 4.90 Å². The summed E-state index contributed by atoms with van der Waals surface area (Å²) in [7, 11) is 4.16. The summed E-state index contributed by atoms with van der Waals surface area (Å²) in [6.45, 7) is 4.07. The van der Waals surface area contributed by atoms with Gasteiger partial charge in [-0.15, -0.1) is 0 Å². The molecule has 1 aliphatic rings. The SMILES string of the molecule is CN(C)CCN1CCc2cc(C(=O)O)ccc2C1. The second kappa shape index (κ2) is 5.50. The van der Waals surface area contributed by atoms with Crippen LogP contribution in [0.1, 0.15) is 21.5 Å². The minimum absolute atomic E-state index is 0.399. The Bertz CT molecular complexity index is 443. The average Bonchev–Trinajstić information content (AvgIpc) is 2.35. The molecule has 0 bridgehead atoms. The molecular weight excluding hydrogens is 228 g/mol. The molecule has 2 rings (SSSR count). The average molecular weight is 248 g/mol. The Morgan fingerprint density at radius 1 is 1.39 bits per heavy atom. The van der Waals surface area contributed by atoms with Crippen LogP contribution in [-0.2, 0) is 13.0 Å². The van der Waals surface area contributed by atoms with E-state index in [0.717, 1.165) is 32.6 Å². The molecule has 1 N–H and O–H groups in total. The fourth-order valence-corrected chi connectivity index (χ4v) is 2.28. The predicted octanol–water partition coefficient (Wildman–Crippen LogP) is 1.30. The smallest absolute Gasteiger partial charge is 0.335 e. The van der Waals surface area contributed by atoms with Gasteiger partial charge in [0.1, 0.15) is 0 Å². The molecule has 98 valence electrons. The number of hydrogen-bond donors (Lipinski definition) is 1. The summed E-state index contributed by atoms with van der Waals surface area (Å²) in [5, 5.41) is 8.97. The van der Waals surface area contributed by atoms with Gasteiger partial charge in [0.2, 0.25) is 0 Å². The van der Waals surface area contributed by atoms with E-state index in [1.54, 1.807) is 6.07 Å². The van der Waals surface area contributed by atoms with E-state index in [9.17, 15) is 4.79 Å². The summed E-state index contributed by atoms with van der Waals surface area (Å²) >= 11 is 0. The molecule has 4 nitrogen and oxygen atoms in total. The van der Waals surface area contributed by atoms with Crippen LogP contribution in [0.4, 0.5) is 0 Å². The number of likely N-dealkylation sites (N-methyl/N-ethyl adjacent to an activating group) is 1. The third-order valence-electron chi connectivity index (χ3n) is 3.41. The number of carbonyl (C=O) groups is 1. The zero-order valence-electron chi connectivity index (χ0n) is 11.0. The van der Waals surface area contributed by atoms with Crippen molar-refractivity contribution in [3.8, 4) is 0 Å². The van der Waals surface area contributed by atoms with Gasteiger partial charge in [-0.25, -0.2) is 4.79 Å². The lowest BCUT2D eigenvalue weighted by atomic mass is 9.97. The molecule has 0 radical (unpaired) electrons. The number of carboxylic acid groups (broad SMARTS) is 1. The van der Waals surface area contributed by atoms with E-state index < -0.39 is 5.97 Å². The molecule has 4 heteroatoms.